The molecule has 6 rings (SSSR count). The van der Waals surface area contributed by atoms with Crippen molar-refractivity contribution in [1.82, 2.24) is 15.0 Å². The highest BCUT2D eigenvalue weighted by Gasteiger charge is 2.22. The smallest absolute Gasteiger partial charge is 0.250 e. The molecule has 1 aliphatic rings. The van der Waals surface area contributed by atoms with Crippen LogP contribution in [-0.4, -0.2) is 34.3 Å². The van der Waals surface area contributed by atoms with Crippen LogP contribution < -0.4 is 15.6 Å². The number of benzene rings is 4. The van der Waals surface area contributed by atoms with Gasteiger partial charge in [-0.15, -0.1) is 0 Å². The number of aryl methyl sites for hydroxylation is 1. The minimum Gasteiger partial charge on any atom is -0.341 e. The van der Waals surface area contributed by atoms with Gasteiger partial charge in [0.05, 0.1) is 6.21 Å². The second-order valence-corrected chi connectivity index (χ2v) is 10.3. The van der Waals surface area contributed by atoms with Gasteiger partial charge in [0.1, 0.15) is 0 Å². The van der Waals surface area contributed by atoms with Crippen LogP contribution in [0.4, 0.5) is 23.5 Å². The van der Waals surface area contributed by atoms with E-state index in [9.17, 15) is 0 Å². The second-order valence-electron chi connectivity index (χ2n) is 10.3. The average Bonchev–Trinajstić information content (AvgIpc) is 2.99. The third kappa shape index (κ3) is 6.26. The Morgan fingerprint density at radius 1 is 0.800 bits per heavy atom. The summed E-state index contributed by atoms with van der Waals surface area (Å²) in [5.41, 5.74) is 7.61. The number of hydrazone groups is 1. The number of nitrogens with zero attached hydrogens (tertiary/aromatic N) is 5. The van der Waals surface area contributed by atoms with Gasteiger partial charge in [-0.25, -0.2) is 5.43 Å². The summed E-state index contributed by atoms with van der Waals surface area (Å²) >= 11 is 0. The zero-order valence-electron chi connectivity index (χ0n) is 22.7. The van der Waals surface area contributed by atoms with Crippen LogP contribution >= 0.6 is 0 Å². The highest BCUT2D eigenvalue weighted by molar-refractivity contribution is 5.99. The Kier molecular flexibility index (Phi) is 7.62. The van der Waals surface area contributed by atoms with Crippen molar-refractivity contribution in [3.05, 3.63) is 114 Å². The van der Waals surface area contributed by atoms with Crippen LogP contribution in [0.1, 0.15) is 29.5 Å². The van der Waals surface area contributed by atoms with E-state index in [-0.39, 0.29) is 0 Å². The number of hydrogen-bond donors (Lipinski definition) is 2. The maximum absolute atomic E-state index is 4.79. The maximum Gasteiger partial charge on any atom is 0.250 e. The molecule has 5 aromatic rings. The fourth-order valence-corrected chi connectivity index (χ4v) is 5.19. The molecule has 200 valence electrons. The summed E-state index contributed by atoms with van der Waals surface area (Å²) in [6, 6.07) is 33.4. The zero-order chi connectivity index (χ0) is 27.1. The molecule has 1 aromatic heterocycles. The van der Waals surface area contributed by atoms with Gasteiger partial charge in [0, 0.05) is 24.3 Å². The molecule has 1 aliphatic heterocycles. The van der Waals surface area contributed by atoms with Gasteiger partial charge in [-0.1, -0.05) is 90.5 Å². The summed E-state index contributed by atoms with van der Waals surface area (Å²) in [4.78, 5) is 16.4. The topological polar surface area (TPSA) is 78.3 Å². The van der Waals surface area contributed by atoms with Crippen LogP contribution in [-0.2, 0) is 6.42 Å². The summed E-state index contributed by atoms with van der Waals surface area (Å²) in [5.74, 6) is 2.21. The van der Waals surface area contributed by atoms with E-state index in [0.717, 1.165) is 49.0 Å². The highest BCUT2D eigenvalue weighted by Crippen LogP contribution is 2.26. The van der Waals surface area contributed by atoms with Crippen LogP contribution in [0.5, 0.6) is 0 Å². The van der Waals surface area contributed by atoms with Gasteiger partial charge in [-0.2, -0.15) is 20.1 Å². The zero-order valence-corrected chi connectivity index (χ0v) is 22.7. The molecule has 0 spiro atoms. The van der Waals surface area contributed by atoms with Crippen molar-refractivity contribution in [1.29, 1.82) is 0 Å². The van der Waals surface area contributed by atoms with E-state index in [1.807, 2.05) is 36.5 Å². The van der Waals surface area contributed by atoms with Gasteiger partial charge in [-0.3, -0.25) is 0 Å². The van der Waals surface area contributed by atoms with Crippen LogP contribution in [0, 0.1) is 12.8 Å². The number of hydrogen-bond acceptors (Lipinski definition) is 7. The monoisotopic (exact) mass is 527 g/mol. The van der Waals surface area contributed by atoms with Gasteiger partial charge in [0.25, 0.3) is 0 Å². The van der Waals surface area contributed by atoms with Crippen LogP contribution in [0.3, 0.4) is 0 Å². The second kappa shape index (κ2) is 11.9. The van der Waals surface area contributed by atoms with Gasteiger partial charge in [-0.05, 0) is 60.6 Å². The molecule has 0 unspecified atom stereocenters. The normalized spacial score (nSPS) is 14.1. The lowest BCUT2D eigenvalue weighted by molar-refractivity contribution is 0.400. The molecule has 1 saturated heterocycles. The summed E-state index contributed by atoms with van der Waals surface area (Å²) in [5, 5.41) is 10.2. The minimum absolute atomic E-state index is 0.405. The molecule has 0 atom stereocenters. The van der Waals surface area contributed by atoms with Crippen molar-refractivity contribution >= 4 is 40.5 Å². The van der Waals surface area contributed by atoms with E-state index in [2.05, 4.69) is 99.4 Å². The largest absolute Gasteiger partial charge is 0.341 e. The highest BCUT2D eigenvalue weighted by atomic mass is 15.4. The van der Waals surface area contributed by atoms with E-state index in [1.165, 1.54) is 16.5 Å². The number of rotatable bonds is 8. The number of nitrogens with one attached hydrogen (secondary N) is 2. The fraction of sp³-hybridized carbons (Fsp3) is 0.212. The predicted molar refractivity (Wildman–Crippen MR) is 165 cm³/mol. The van der Waals surface area contributed by atoms with E-state index in [4.69, 9.17) is 9.97 Å². The number of piperidine rings is 1. The standard InChI is InChI=1S/C33H33N7/c1-24-14-16-29(17-15-24)35-31-36-32(39-34-23-28-12-7-11-27-10-5-6-13-30(27)28)38-33(37-31)40-20-18-26(19-21-40)22-25-8-3-2-4-9-25/h2-17,23,26H,18-22H2,1H3,(H2,35,36,37,38,39). The Hall–Kier alpha value is -4.78. The molecule has 4 aromatic carbocycles. The van der Waals surface area contributed by atoms with Crippen LogP contribution in [0.2, 0.25) is 0 Å². The Balaban J connectivity index is 1.21. The Morgan fingerprint density at radius 3 is 2.35 bits per heavy atom. The average molecular weight is 528 g/mol. The number of aromatic nitrogens is 3. The first-order chi connectivity index (χ1) is 19.7. The molecule has 2 N–H and O–H groups in total. The van der Waals surface area contributed by atoms with Crippen LogP contribution in [0.25, 0.3) is 10.8 Å². The van der Waals surface area contributed by atoms with E-state index < -0.39 is 0 Å². The van der Waals surface area contributed by atoms with Gasteiger partial charge in [0.2, 0.25) is 17.8 Å². The lowest BCUT2D eigenvalue weighted by Gasteiger charge is -2.32. The first-order valence-corrected chi connectivity index (χ1v) is 13.8. The molecule has 0 radical (unpaired) electrons. The Labute approximate surface area is 235 Å². The minimum atomic E-state index is 0.405. The van der Waals surface area contributed by atoms with Gasteiger partial charge in [0.15, 0.2) is 0 Å². The summed E-state index contributed by atoms with van der Waals surface area (Å²) < 4.78 is 0. The third-order valence-electron chi connectivity index (χ3n) is 7.39. The van der Waals surface area contributed by atoms with Crippen molar-refractivity contribution < 1.29 is 0 Å². The Morgan fingerprint density at radius 2 is 1.52 bits per heavy atom. The molecule has 0 saturated carbocycles. The molecule has 0 aliphatic carbocycles. The van der Waals surface area contributed by atoms with E-state index in [1.54, 1.807) is 0 Å². The molecule has 0 amide bonds. The van der Waals surface area contributed by atoms with Gasteiger partial charge < -0.3 is 10.2 Å². The molecule has 1 fully saturated rings. The van der Waals surface area contributed by atoms with E-state index >= 15 is 0 Å². The lowest BCUT2D eigenvalue weighted by Crippen LogP contribution is -2.35. The summed E-state index contributed by atoms with van der Waals surface area (Å²) in [7, 11) is 0. The Bertz CT molecular complexity index is 1590. The molecular formula is C33H33N7. The third-order valence-corrected chi connectivity index (χ3v) is 7.39. The SMILES string of the molecule is Cc1ccc(Nc2nc(NN=Cc3cccc4ccccc34)nc(N3CCC(Cc4ccccc4)CC3)n2)cc1. The fourth-order valence-electron chi connectivity index (χ4n) is 5.19. The molecule has 2 heterocycles. The van der Waals surface area contributed by atoms with Crippen molar-refractivity contribution in [2.45, 2.75) is 26.2 Å². The van der Waals surface area contributed by atoms with E-state index in [0.29, 0.717) is 23.8 Å². The molecular weight excluding hydrogens is 494 g/mol. The number of fused-ring (bicyclic) bond motifs is 1. The first-order valence-electron chi connectivity index (χ1n) is 13.8. The molecule has 40 heavy (non-hydrogen) atoms. The van der Waals surface area contributed by atoms with Crippen LogP contribution in [0.15, 0.2) is 102 Å². The molecule has 7 nitrogen and oxygen atoms in total. The first kappa shape index (κ1) is 25.5. The number of anilines is 4. The van der Waals surface area contributed by atoms with Crippen molar-refractivity contribution in [2.24, 2.45) is 11.0 Å². The van der Waals surface area contributed by atoms with Gasteiger partial charge >= 0.3 is 0 Å². The maximum atomic E-state index is 4.79. The van der Waals surface area contributed by atoms with Crippen molar-refractivity contribution in [3.8, 4) is 0 Å². The van der Waals surface area contributed by atoms with Crippen molar-refractivity contribution in [3.63, 3.8) is 0 Å². The van der Waals surface area contributed by atoms with Crippen molar-refractivity contribution in [2.75, 3.05) is 28.7 Å². The summed E-state index contributed by atoms with van der Waals surface area (Å²) in [6.07, 6.45) is 5.13. The predicted octanol–water partition coefficient (Wildman–Crippen LogP) is 6.98. The summed E-state index contributed by atoms with van der Waals surface area (Å²) in [6.45, 7) is 3.89. The molecule has 0 bridgehead atoms. The quantitative estimate of drug-likeness (QED) is 0.167. The molecule has 7 heteroatoms. The lowest BCUT2D eigenvalue weighted by atomic mass is 9.90.